The number of hydrogen-bond donors (Lipinski definition) is 0. The minimum atomic E-state index is -1.88. The second-order valence-corrected chi connectivity index (χ2v) is 36.8. The maximum absolute atomic E-state index is 6.34. The van der Waals surface area contributed by atoms with Crippen LogP contribution in [-0.2, 0) is 50.0 Å². The molecule has 3 aliphatic heterocycles. The van der Waals surface area contributed by atoms with Gasteiger partial charge in [-0.3, -0.25) is 4.98 Å². The van der Waals surface area contributed by atoms with Crippen molar-refractivity contribution in [2.75, 3.05) is 0 Å². The van der Waals surface area contributed by atoms with Crippen LogP contribution in [0.15, 0.2) is 77.9 Å². The van der Waals surface area contributed by atoms with Gasteiger partial charge in [-0.2, -0.15) is 14.9 Å². The molecule has 0 saturated carbocycles. The zero-order valence-corrected chi connectivity index (χ0v) is 52.9. The van der Waals surface area contributed by atoms with E-state index in [-0.39, 0.29) is 32.5 Å². The van der Waals surface area contributed by atoms with Gasteiger partial charge in [0.05, 0.1) is 94.0 Å². The Morgan fingerprint density at radius 3 is 1.49 bits per heavy atom. The van der Waals surface area contributed by atoms with Crippen molar-refractivity contribution in [3.8, 4) is 11.8 Å². The largest absolute Gasteiger partial charge is 0.494 e. The van der Waals surface area contributed by atoms with E-state index in [9.17, 15) is 0 Å². The molecule has 410 valence electrons. The number of benzene rings is 2. The lowest BCUT2D eigenvalue weighted by Crippen LogP contribution is -2.41. The minimum Gasteiger partial charge on any atom is -0.411 e. The maximum Gasteiger partial charge on any atom is 0.494 e. The van der Waals surface area contributed by atoms with Gasteiger partial charge in [-0.15, -0.1) is 0 Å². The summed E-state index contributed by atoms with van der Waals surface area (Å²) in [6.07, 6.45) is 8.91. The fraction of sp³-hybridized carbons (Fsp3) is 0.593. The Labute approximate surface area is 463 Å². The van der Waals surface area contributed by atoms with Crippen molar-refractivity contribution >= 4 is 81.0 Å². The van der Waals surface area contributed by atoms with Crippen molar-refractivity contribution < 1.29 is 36.8 Å². The molecule has 3 saturated heterocycles. The van der Waals surface area contributed by atoms with Crippen LogP contribution in [0.3, 0.4) is 0 Å². The molecule has 0 atom stereocenters. The maximum atomic E-state index is 6.34. The van der Waals surface area contributed by atoms with Gasteiger partial charge in [0.1, 0.15) is 0 Å². The van der Waals surface area contributed by atoms with Crippen LogP contribution in [0, 0.1) is 0 Å². The molecule has 0 aliphatic carbocycles. The van der Waals surface area contributed by atoms with Crippen molar-refractivity contribution in [3.05, 3.63) is 89.3 Å². The predicted molar refractivity (Wildman–Crippen MR) is 313 cm³/mol. The van der Waals surface area contributed by atoms with E-state index >= 15 is 0 Å². The van der Waals surface area contributed by atoms with E-state index in [1.807, 2.05) is 109 Å². The molecule has 9 rings (SSSR count). The van der Waals surface area contributed by atoms with E-state index in [2.05, 4.69) is 143 Å². The van der Waals surface area contributed by atoms with E-state index < -0.39 is 49.0 Å². The first-order valence-corrected chi connectivity index (χ1v) is 33.0. The van der Waals surface area contributed by atoms with Crippen LogP contribution in [0.25, 0.3) is 33.6 Å². The van der Waals surface area contributed by atoms with Gasteiger partial charge in [0.2, 0.25) is 0 Å². The topological polar surface area (TPSA) is 161 Å². The third-order valence-corrected chi connectivity index (χ3v) is 26.4. The molecule has 0 N–H and O–H groups in total. The van der Waals surface area contributed by atoms with Crippen LogP contribution in [0.2, 0.25) is 36.3 Å². The molecule has 7 heterocycles. The molecule has 76 heavy (non-hydrogen) atoms. The minimum absolute atomic E-state index is 0.139. The SMILES string of the molecule is CC(C)(C)[Si](C)(C)OCc1ccnc(-n2ncc3ccc(Br)cc32)n1.CC1(C)OB(B2OC(C)(C)C(C)(C)O2)OC1(C)C.CC1(C)OB(c2ccc3cnn(-c4cncc(CO[Si](C)(C)C(C)(C)C)n4)c3c2)OC1(C)C. The molecular weight excluding hydrogens is 1060 g/mol. The highest BCUT2D eigenvalue weighted by Gasteiger charge is 2.64. The summed E-state index contributed by atoms with van der Waals surface area (Å²) in [5, 5.41) is 11.4. The van der Waals surface area contributed by atoms with Gasteiger partial charge in [-0.25, -0.2) is 19.6 Å². The van der Waals surface area contributed by atoms with Crippen LogP contribution in [0.1, 0.15) is 136 Å². The van der Waals surface area contributed by atoms with E-state index in [1.165, 1.54) is 0 Å². The summed E-state index contributed by atoms with van der Waals surface area (Å²) in [5.41, 5.74) is 2.29. The molecule has 16 nitrogen and oxygen atoms in total. The number of rotatable bonds is 10. The molecule has 0 spiro atoms. The second-order valence-electron chi connectivity index (χ2n) is 26.3. The van der Waals surface area contributed by atoms with Gasteiger partial charge in [-0.05, 0) is 149 Å². The standard InChI is InChI=1S/C24H35BN4O3Si.C18H23BrN4OSi.C12H24B2O4/c1-22(2,3)33(8,9)30-16-19-14-26-15-21(28-19)29-20-12-18(11-10-17(20)13-27-29)25-31-23(4,5)24(6,7)32-25;1-18(2,3)25(4,5)24-12-15-8-9-20-17(22-15)23-16-10-14(19)7-6-13(16)11-21-23;1-9(2)10(3,4)16-13(15-9)14-17-11(5,6)12(7,8)18-14/h10-15H,16H2,1-9H3;6-11H,12H2,1-5H3;1-8H3. The quantitative estimate of drug-likeness (QED) is 0.119. The zero-order chi connectivity index (χ0) is 56.5. The van der Waals surface area contributed by atoms with Crippen LogP contribution >= 0.6 is 15.9 Å². The Kier molecular flexibility index (Phi) is 16.6. The molecule has 0 unspecified atom stereocenters. The zero-order valence-electron chi connectivity index (χ0n) is 49.3. The average Bonchev–Trinajstić information content (AvgIpc) is 4.07. The Hall–Kier alpha value is -3.67. The molecular formula is C54H82B3BrN8O8Si2. The molecule has 0 radical (unpaired) electrons. The Morgan fingerprint density at radius 1 is 0.539 bits per heavy atom. The predicted octanol–water partition coefficient (Wildman–Crippen LogP) is 12.0. The van der Waals surface area contributed by atoms with Gasteiger partial charge in [0.15, 0.2) is 22.5 Å². The van der Waals surface area contributed by atoms with Gasteiger partial charge >= 0.3 is 21.1 Å². The molecule has 22 heteroatoms. The number of nitrogens with zero attached hydrogens (tertiary/aromatic N) is 8. The Morgan fingerprint density at radius 2 is 0.987 bits per heavy atom. The van der Waals surface area contributed by atoms with Crippen molar-refractivity contribution in [1.82, 2.24) is 39.5 Å². The number of hydrogen-bond acceptors (Lipinski definition) is 14. The fourth-order valence-electron chi connectivity index (χ4n) is 7.57. The first-order chi connectivity index (χ1) is 34.8. The highest BCUT2D eigenvalue weighted by Crippen LogP contribution is 2.44. The summed E-state index contributed by atoms with van der Waals surface area (Å²) >= 11 is 3.51. The average molecular weight is 1140 g/mol. The van der Waals surface area contributed by atoms with E-state index in [0.29, 0.717) is 25.0 Å². The molecule has 6 aromatic rings. The molecule has 0 amide bonds. The Bertz CT molecular complexity index is 2950. The van der Waals surface area contributed by atoms with Gasteiger partial charge in [-0.1, -0.05) is 75.7 Å². The van der Waals surface area contributed by atoms with Gasteiger partial charge in [0.25, 0.3) is 5.95 Å². The lowest BCUT2D eigenvalue weighted by atomic mass is 9.49. The summed E-state index contributed by atoms with van der Waals surface area (Å²) in [6.45, 7) is 47.7. The monoisotopic (exact) mass is 1140 g/mol. The highest BCUT2D eigenvalue weighted by atomic mass is 79.9. The highest BCUT2D eigenvalue weighted by molar-refractivity contribution is 9.10. The summed E-state index contributed by atoms with van der Waals surface area (Å²) in [6, 6.07) is 14.1. The third kappa shape index (κ3) is 12.7. The van der Waals surface area contributed by atoms with E-state index in [0.717, 1.165) is 43.1 Å². The number of halogens is 1. The molecule has 4 aromatic heterocycles. The van der Waals surface area contributed by atoms with Gasteiger partial charge < -0.3 is 36.8 Å². The first kappa shape index (κ1) is 60.0. The van der Waals surface area contributed by atoms with Crippen LogP contribution < -0.4 is 5.46 Å². The fourth-order valence-corrected chi connectivity index (χ4v) is 9.80. The van der Waals surface area contributed by atoms with Crippen LogP contribution in [0.4, 0.5) is 0 Å². The van der Waals surface area contributed by atoms with E-state index in [4.69, 9.17) is 41.8 Å². The third-order valence-electron chi connectivity index (χ3n) is 17.0. The van der Waals surface area contributed by atoms with Crippen LogP contribution in [0.5, 0.6) is 0 Å². The second kappa shape index (κ2) is 21.1. The lowest BCUT2D eigenvalue weighted by Gasteiger charge is -2.36. The van der Waals surface area contributed by atoms with E-state index in [1.54, 1.807) is 23.3 Å². The number of aromatic nitrogens is 8. The molecule has 3 fully saturated rings. The van der Waals surface area contributed by atoms with Crippen molar-refractivity contribution in [3.63, 3.8) is 0 Å². The summed E-state index contributed by atoms with van der Waals surface area (Å²) in [7, 11) is -5.07. The summed E-state index contributed by atoms with van der Waals surface area (Å²) in [4.78, 5) is 18.2. The summed E-state index contributed by atoms with van der Waals surface area (Å²) < 4.78 is 53.5. The molecule has 2 aromatic carbocycles. The first-order valence-electron chi connectivity index (χ1n) is 26.3. The summed E-state index contributed by atoms with van der Waals surface area (Å²) in [5.74, 6) is 1.22. The normalized spacial score (nSPS) is 19.7. The lowest BCUT2D eigenvalue weighted by molar-refractivity contribution is 0.00578. The van der Waals surface area contributed by atoms with Crippen molar-refractivity contribution in [1.29, 1.82) is 0 Å². The van der Waals surface area contributed by atoms with Crippen molar-refractivity contribution in [2.24, 2.45) is 0 Å². The molecule has 3 aliphatic rings. The van der Waals surface area contributed by atoms with Crippen molar-refractivity contribution in [2.45, 2.75) is 208 Å². The van der Waals surface area contributed by atoms with Gasteiger partial charge in [0, 0.05) is 21.4 Å². The van der Waals surface area contributed by atoms with Crippen LogP contribution in [-0.4, -0.2) is 111 Å². The molecule has 0 bridgehead atoms. The Balaban J connectivity index is 0.000000174. The smallest absolute Gasteiger partial charge is 0.411 e. The number of fused-ring (bicyclic) bond motifs is 2.